The van der Waals surface area contributed by atoms with Gasteiger partial charge in [0, 0.05) is 18.3 Å². The molecule has 0 saturated heterocycles. The predicted octanol–water partition coefficient (Wildman–Crippen LogP) is 1.52. The van der Waals surface area contributed by atoms with Gasteiger partial charge in [-0.1, -0.05) is 0 Å². The third-order valence-electron chi connectivity index (χ3n) is 3.05. The van der Waals surface area contributed by atoms with Crippen LogP contribution in [0.4, 0.5) is 4.39 Å². The van der Waals surface area contributed by atoms with Crippen molar-refractivity contribution in [1.29, 1.82) is 0 Å². The Balaban J connectivity index is 2.33. The second kappa shape index (κ2) is 6.01. The number of rotatable bonds is 4. The third kappa shape index (κ3) is 3.08. The molecule has 0 fully saturated rings. The SMILES string of the molecule is CCOC(=O)c1cc(C(O)c2ccc(F)nc2C)nn1C. The minimum Gasteiger partial charge on any atom is -0.461 e. The molecule has 0 bridgehead atoms. The maximum atomic E-state index is 13.0. The Labute approximate surface area is 121 Å². The van der Waals surface area contributed by atoms with Gasteiger partial charge in [0.15, 0.2) is 0 Å². The molecule has 1 atom stereocenters. The first-order chi connectivity index (χ1) is 9.93. The number of pyridine rings is 1. The normalized spacial score (nSPS) is 12.2. The van der Waals surface area contributed by atoms with Crippen molar-refractivity contribution in [3.8, 4) is 0 Å². The van der Waals surface area contributed by atoms with Crippen LogP contribution in [0, 0.1) is 12.9 Å². The van der Waals surface area contributed by atoms with E-state index in [4.69, 9.17) is 4.74 Å². The van der Waals surface area contributed by atoms with E-state index < -0.39 is 18.0 Å². The largest absolute Gasteiger partial charge is 0.461 e. The van der Waals surface area contributed by atoms with Crippen LogP contribution in [0.3, 0.4) is 0 Å². The zero-order chi connectivity index (χ0) is 15.6. The molecule has 2 heterocycles. The van der Waals surface area contributed by atoms with Gasteiger partial charge in [0.05, 0.1) is 12.3 Å². The molecule has 0 aliphatic carbocycles. The van der Waals surface area contributed by atoms with Crippen LogP contribution in [0.5, 0.6) is 0 Å². The first kappa shape index (κ1) is 15.1. The average Bonchev–Trinajstić information content (AvgIpc) is 2.80. The van der Waals surface area contributed by atoms with E-state index in [1.807, 2.05) is 0 Å². The summed E-state index contributed by atoms with van der Waals surface area (Å²) in [6.07, 6.45) is -1.09. The van der Waals surface area contributed by atoms with Gasteiger partial charge in [-0.2, -0.15) is 9.49 Å². The molecule has 2 aromatic rings. The van der Waals surface area contributed by atoms with Crippen molar-refractivity contribution in [2.24, 2.45) is 7.05 Å². The first-order valence-corrected chi connectivity index (χ1v) is 6.46. The fraction of sp³-hybridized carbons (Fsp3) is 0.357. The summed E-state index contributed by atoms with van der Waals surface area (Å²) in [7, 11) is 1.58. The number of ether oxygens (including phenoxy) is 1. The summed E-state index contributed by atoms with van der Waals surface area (Å²) in [5.74, 6) is -1.13. The molecule has 0 aliphatic heterocycles. The zero-order valence-corrected chi connectivity index (χ0v) is 12.0. The van der Waals surface area contributed by atoms with E-state index in [0.29, 0.717) is 11.3 Å². The number of hydrogen-bond donors (Lipinski definition) is 1. The van der Waals surface area contributed by atoms with Gasteiger partial charge < -0.3 is 9.84 Å². The van der Waals surface area contributed by atoms with E-state index in [0.717, 1.165) is 0 Å². The van der Waals surface area contributed by atoms with Crippen LogP contribution in [0.2, 0.25) is 0 Å². The Hall–Kier alpha value is -2.28. The third-order valence-corrected chi connectivity index (χ3v) is 3.05. The van der Waals surface area contributed by atoms with Gasteiger partial charge in [-0.05, 0) is 32.0 Å². The molecule has 1 unspecified atom stereocenters. The second-order valence-electron chi connectivity index (χ2n) is 4.51. The number of hydrogen-bond acceptors (Lipinski definition) is 5. The van der Waals surface area contributed by atoms with Gasteiger partial charge in [-0.15, -0.1) is 0 Å². The Bertz CT molecular complexity index is 669. The van der Waals surface area contributed by atoms with Crippen molar-refractivity contribution in [2.75, 3.05) is 6.61 Å². The van der Waals surface area contributed by atoms with Crippen LogP contribution in [0.25, 0.3) is 0 Å². The number of nitrogens with zero attached hydrogens (tertiary/aromatic N) is 3. The number of carbonyl (C=O) groups excluding carboxylic acids is 1. The Morgan fingerprint density at radius 2 is 2.24 bits per heavy atom. The molecule has 0 amide bonds. The topological polar surface area (TPSA) is 77.2 Å². The van der Waals surface area contributed by atoms with E-state index in [-0.39, 0.29) is 18.0 Å². The van der Waals surface area contributed by atoms with Gasteiger partial charge in [-0.3, -0.25) is 4.68 Å². The highest BCUT2D eigenvalue weighted by molar-refractivity contribution is 5.87. The van der Waals surface area contributed by atoms with Gasteiger partial charge in [0.1, 0.15) is 11.8 Å². The highest BCUT2D eigenvalue weighted by atomic mass is 19.1. The van der Waals surface area contributed by atoms with Crippen molar-refractivity contribution in [3.05, 3.63) is 46.8 Å². The lowest BCUT2D eigenvalue weighted by Crippen LogP contribution is -2.10. The number of halogens is 1. The van der Waals surface area contributed by atoms with Crippen molar-refractivity contribution in [2.45, 2.75) is 20.0 Å². The molecular formula is C14H16FN3O3. The summed E-state index contributed by atoms with van der Waals surface area (Å²) < 4.78 is 19.2. The van der Waals surface area contributed by atoms with Crippen LogP contribution in [-0.4, -0.2) is 32.4 Å². The van der Waals surface area contributed by atoms with E-state index in [1.54, 1.807) is 20.9 Å². The molecule has 21 heavy (non-hydrogen) atoms. The maximum absolute atomic E-state index is 13.0. The molecule has 0 aromatic carbocycles. The zero-order valence-electron chi connectivity index (χ0n) is 12.0. The van der Waals surface area contributed by atoms with Gasteiger partial charge in [0.2, 0.25) is 5.95 Å². The highest BCUT2D eigenvalue weighted by Gasteiger charge is 2.21. The van der Waals surface area contributed by atoms with Gasteiger partial charge in [-0.25, -0.2) is 9.78 Å². The van der Waals surface area contributed by atoms with E-state index >= 15 is 0 Å². The number of aliphatic hydroxyl groups is 1. The average molecular weight is 293 g/mol. The minimum atomic E-state index is -1.09. The van der Waals surface area contributed by atoms with Crippen molar-refractivity contribution in [3.63, 3.8) is 0 Å². The fourth-order valence-electron chi connectivity index (χ4n) is 2.01. The van der Waals surface area contributed by atoms with Gasteiger partial charge >= 0.3 is 5.97 Å². The molecule has 0 radical (unpaired) electrons. The summed E-state index contributed by atoms with van der Waals surface area (Å²) in [6, 6.07) is 4.06. The monoisotopic (exact) mass is 293 g/mol. The predicted molar refractivity (Wildman–Crippen MR) is 72.2 cm³/mol. The van der Waals surface area contributed by atoms with Crippen LogP contribution in [0.1, 0.15) is 40.5 Å². The van der Waals surface area contributed by atoms with Crippen LogP contribution in [0.15, 0.2) is 18.2 Å². The van der Waals surface area contributed by atoms with Crippen LogP contribution in [-0.2, 0) is 11.8 Å². The van der Waals surface area contributed by atoms with Gasteiger partial charge in [0.25, 0.3) is 0 Å². The molecule has 2 rings (SSSR count). The molecular weight excluding hydrogens is 277 g/mol. The molecule has 7 heteroatoms. The first-order valence-electron chi connectivity index (χ1n) is 6.46. The standard InChI is InChI=1S/C14H16FN3O3/c1-4-21-14(20)11-7-10(17-18(11)3)13(19)9-5-6-12(15)16-8(9)2/h5-7,13,19H,4H2,1-3H3. The lowest BCUT2D eigenvalue weighted by Gasteiger charge is -2.10. The summed E-state index contributed by atoms with van der Waals surface area (Å²) in [4.78, 5) is 15.4. The lowest BCUT2D eigenvalue weighted by molar-refractivity contribution is 0.0513. The second-order valence-corrected chi connectivity index (χ2v) is 4.51. The maximum Gasteiger partial charge on any atom is 0.356 e. The fourth-order valence-corrected chi connectivity index (χ4v) is 2.01. The summed E-state index contributed by atoms with van der Waals surface area (Å²) in [5, 5.41) is 14.4. The number of aromatic nitrogens is 3. The van der Waals surface area contributed by atoms with Crippen LogP contribution < -0.4 is 0 Å². The summed E-state index contributed by atoms with van der Waals surface area (Å²) >= 11 is 0. The van der Waals surface area contributed by atoms with Crippen molar-refractivity contribution >= 4 is 5.97 Å². The molecule has 0 spiro atoms. The van der Waals surface area contributed by atoms with E-state index in [2.05, 4.69) is 10.1 Å². The van der Waals surface area contributed by atoms with E-state index in [9.17, 15) is 14.3 Å². The Morgan fingerprint density at radius 1 is 1.52 bits per heavy atom. The smallest absolute Gasteiger partial charge is 0.356 e. The summed E-state index contributed by atoms with van der Waals surface area (Å²) in [5.41, 5.74) is 1.31. The van der Waals surface area contributed by atoms with Crippen molar-refractivity contribution < 1.29 is 19.0 Å². The number of aryl methyl sites for hydroxylation is 2. The molecule has 1 N–H and O–H groups in total. The van der Waals surface area contributed by atoms with Crippen molar-refractivity contribution in [1.82, 2.24) is 14.8 Å². The lowest BCUT2D eigenvalue weighted by atomic mass is 10.1. The number of aliphatic hydroxyl groups excluding tert-OH is 1. The number of esters is 1. The molecule has 0 saturated carbocycles. The molecule has 6 nitrogen and oxygen atoms in total. The minimum absolute atomic E-state index is 0.235. The molecule has 2 aromatic heterocycles. The van der Waals surface area contributed by atoms with E-state index in [1.165, 1.54) is 22.9 Å². The Morgan fingerprint density at radius 3 is 2.86 bits per heavy atom. The molecule has 0 aliphatic rings. The van der Waals surface area contributed by atoms with Crippen LogP contribution >= 0.6 is 0 Å². The number of carbonyl (C=O) groups is 1. The highest BCUT2D eigenvalue weighted by Crippen LogP contribution is 2.23. The quantitative estimate of drug-likeness (QED) is 0.683. The molecule has 112 valence electrons. The summed E-state index contributed by atoms with van der Waals surface area (Å²) in [6.45, 7) is 3.55. The Kier molecular flexibility index (Phi) is 4.32.